The largest absolute Gasteiger partial charge is 0.389 e. The Labute approximate surface area is 126 Å². The zero-order valence-corrected chi connectivity index (χ0v) is 13.5. The molecule has 0 amide bonds. The molecule has 1 aliphatic rings. The van der Waals surface area contributed by atoms with Gasteiger partial charge in [0.15, 0.2) is 0 Å². The molecule has 1 aromatic carbocycles. The zero-order valence-electron chi connectivity index (χ0n) is 10.3. The van der Waals surface area contributed by atoms with Crippen molar-refractivity contribution in [3.63, 3.8) is 0 Å². The number of nitrogens with two attached hydrogens (primary N) is 1. The van der Waals surface area contributed by atoms with E-state index >= 15 is 0 Å². The molecule has 1 aliphatic carbocycles. The fourth-order valence-electron chi connectivity index (χ4n) is 2.35. The summed E-state index contributed by atoms with van der Waals surface area (Å²) < 4.78 is 1.00. The van der Waals surface area contributed by atoms with E-state index < -0.39 is 0 Å². The van der Waals surface area contributed by atoms with E-state index in [0.717, 1.165) is 21.0 Å². The van der Waals surface area contributed by atoms with Crippen LogP contribution in [0.2, 0.25) is 0 Å². The van der Waals surface area contributed by atoms with Crippen LogP contribution in [0.1, 0.15) is 24.8 Å². The van der Waals surface area contributed by atoms with Crippen molar-refractivity contribution in [2.45, 2.75) is 30.6 Å². The predicted octanol–water partition coefficient (Wildman–Crippen LogP) is 3.78. The first kappa shape index (κ1) is 14.2. The van der Waals surface area contributed by atoms with Crippen LogP contribution < -0.4 is 11.1 Å². The first-order valence-corrected chi connectivity index (χ1v) is 8.47. The molecule has 0 heterocycles. The van der Waals surface area contributed by atoms with E-state index in [1.54, 1.807) is 0 Å². The number of hydrogen-bond donors (Lipinski definition) is 2. The molecule has 0 bridgehead atoms. The van der Waals surface area contributed by atoms with E-state index in [4.69, 9.17) is 18.0 Å². The molecule has 2 rings (SSSR count). The molecule has 1 aromatic rings. The highest BCUT2D eigenvalue weighted by Crippen LogP contribution is 2.31. The van der Waals surface area contributed by atoms with Gasteiger partial charge < -0.3 is 11.1 Å². The van der Waals surface area contributed by atoms with Gasteiger partial charge in [0.2, 0.25) is 0 Å². The van der Waals surface area contributed by atoms with E-state index in [-0.39, 0.29) is 0 Å². The molecule has 18 heavy (non-hydrogen) atoms. The molecule has 0 spiro atoms. The van der Waals surface area contributed by atoms with Crippen molar-refractivity contribution < 1.29 is 0 Å². The Morgan fingerprint density at radius 2 is 2.28 bits per heavy atom. The molecule has 5 heteroatoms. The van der Waals surface area contributed by atoms with Gasteiger partial charge >= 0.3 is 0 Å². The molecule has 0 aromatic heterocycles. The number of thiocarbonyl (C=S) groups is 1. The summed E-state index contributed by atoms with van der Waals surface area (Å²) in [5, 5.41) is 4.36. The maximum absolute atomic E-state index is 5.78. The van der Waals surface area contributed by atoms with E-state index in [9.17, 15) is 0 Å². The Morgan fingerprint density at radius 3 is 2.89 bits per heavy atom. The van der Waals surface area contributed by atoms with Crippen LogP contribution in [-0.2, 0) is 0 Å². The molecular formula is C13H17BrN2S2. The second-order valence-corrected chi connectivity index (χ2v) is 7.06. The molecule has 0 aliphatic heterocycles. The number of rotatable bonds is 4. The Hall–Kier alpha value is -0.260. The third kappa shape index (κ3) is 3.39. The Balaban J connectivity index is 2.12. The van der Waals surface area contributed by atoms with E-state index in [1.807, 2.05) is 30.0 Å². The lowest BCUT2D eigenvalue weighted by Gasteiger charge is -2.17. The van der Waals surface area contributed by atoms with Gasteiger partial charge in [0.1, 0.15) is 4.99 Å². The first-order valence-electron chi connectivity index (χ1n) is 5.99. The summed E-state index contributed by atoms with van der Waals surface area (Å²) in [5.74, 6) is 0. The van der Waals surface area contributed by atoms with Crippen LogP contribution in [0.3, 0.4) is 0 Å². The SMILES string of the molecule is CSC1CCC(Nc2ccc(Br)cc2C(N)=S)C1. The maximum atomic E-state index is 5.78. The van der Waals surface area contributed by atoms with Crippen LogP contribution in [0.5, 0.6) is 0 Å². The average Bonchev–Trinajstić information content (AvgIpc) is 2.79. The van der Waals surface area contributed by atoms with Gasteiger partial charge in [0.05, 0.1) is 0 Å². The number of nitrogens with one attached hydrogen (secondary N) is 1. The number of hydrogen-bond acceptors (Lipinski definition) is 3. The highest BCUT2D eigenvalue weighted by molar-refractivity contribution is 9.10. The van der Waals surface area contributed by atoms with Crippen molar-refractivity contribution in [3.8, 4) is 0 Å². The standard InChI is InChI=1S/C13H17BrN2S2/c1-18-10-4-3-9(7-10)16-12-5-2-8(14)6-11(12)13(15)17/h2,5-6,9-10,16H,3-4,7H2,1H3,(H2,15,17). The zero-order chi connectivity index (χ0) is 13.1. The topological polar surface area (TPSA) is 38.0 Å². The van der Waals surface area contributed by atoms with Crippen molar-refractivity contribution in [2.24, 2.45) is 5.73 Å². The lowest BCUT2D eigenvalue weighted by molar-refractivity contribution is 0.757. The highest BCUT2D eigenvalue weighted by atomic mass is 79.9. The molecule has 3 N–H and O–H groups in total. The third-order valence-electron chi connectivity index (χ3n) is 3.32. The Kier molecular flexibility index (Phi) is 4.92. The molecule has 0 saturated heterocycles. The van der Waals surface area contributed by atoms with E-state index in [2.05, 4.69) is 27.5 Å². The average molecular weight is 345 g/mol. The number of anilines is 1. The van der Waals surface area contributed by atoms with Crippen molar-refractivity contribution in [1.29, 1.82) is 0 Å². The van der Waals surface area contributed by atoms with Gasteiger partial charge in [-0.2, -0.15) is 11.8 Å². The van der Waals surface area contributed by atoms with Gasteiger partial charge in [-0.3, -0.25) is 0 Å². The van der Waals surface area contributed by atoms with Crippen molar-refractivity contribution in [1.82, 2.24) is 0 Å². The Morgan fingerprint density at radius 1 is 1.50 bits per heavy atom. The summed E-state index contributed by atoms with van der Waals surface area (Å²) in [6.07, 6.45) is 5.91. The lowest BCUT2D eigenvalue weighted by atomic mass is 10.1. The number of halogens is 1. The lowest BCUT2D eigenvalue weighted by Crippen LogP contribution is -2.20. The number of benzene rings is 1. The van der Waals surface area contributed by atoms with Gasteiger partial charge in [-0.15, -0.1) is 0 Å². The fourth-order valence-corrected chi connectivity index (χ4v) is 3.68. The number of thioether (sulfide) groups is 1. The van der Waals surface area contributed by atoms with Crippen LogP contribution in [0, 0.1) is 0 Å². The van der Waals surface area contributed by atoms with Crippen LogP contribution in [0.4, 0.5) is 5.69 Å². The highest BCUT2D eigenvalue weighted by Gasteiger charge is 2.24. The molecule has 98 valence electrons. The van der Waals surface area contributed by atoms with Crippen molar-refractivity contribution >= 4 is 50.6 Å². The Bertz CT molecular complexity index is 451. The predicted molar refractivity (Wildman–Crippen MR) is 88.6 cm³/mol. The maximum Gasteiger partial charge on any atom is 0.106 e. The summed E-state index contributed by atoms with van der Waals surface area (Å²) >= 11 is 10.5. The quantitative estimate of drug-likeness (QED) is 0.815. The third-order valence-corrected chi connectivity index (χ3v) is 5.13. The monoisotopic (exact) mass is 344 g/mol. The molecule has 0 radical (unpaired) electrons. The second-order valence-electron chi connectivity index (χ2n) is 4.57. The first-order chi connectivity index (χ1) is 8.60. The summed E-state index contributed by atoms with van der Waals surface area (Å²) in [7, 11) is 0. The minimum atomic E-state index is 0.443. The van der Waals surface area contributed by atoms with Crippen molar-refractivity contribution in [2.75, 3.05) is 11.6 Å². The van der Waals surface area contributed by atoms with Crippen LogP contribution in [0.25, 0.3) is 0 Å². The second kappa shape index (κ2) is 6.26. The molecule has 2 atom stereocenters. The van der Waals surface area contributed by atoms with Crippen LogP contribution in [-0.4, -0.2) is 22.5 Å². The van der Waals surface area contributed by atoms with Gasteiger partial charge in [0, 0.05) is 27.0 Å². The smallest absolute Gasteiger partial charge is 0.106 e. The normalized spacial score (nSPS) is 23.0. The van der Waals surface area contributed by atoms with Gasteiger partial charge in [-0.1, -0.05) is 28.1 Å². The molecule has 2 unspecified atom stereocenters. The van der Waals surface area contributed by atoms with Gasteiger partial charge in [-0.25, -0.2) is 0 Å². The van der Waals surface area contributed by atoms with E-state index in [1.165, 1.54) is 19.3 Å². The molecule has 2 nitrogen and oxygen atoms in total. The van der Waals surface area contributed by atoms with Crippen LogP contribution >= 0.6 is 39.9 Å². The summed E-state index contributed by atoms with van der Waals surface area (Å²) in [5.41, 5.74) is 7.75. The van der Waals surface area contributed by atoms with Gasteiger partial charge in [-0.05, 0) is 43.7 Å². The van der Waals surface area contributed by atoms with Crippen LogP contribution in [0.15, 0.2) is 22.7 Å². The summed E-state index contributed by atoms with van der Waals surface area (Å²) in [6, 6.07) is 6.58. The summed E-state index contributed by atoms with van der Waals surface area (Å²) in [6.45, 7) is 0. The molecular weight excluding hydrogens is 328 g/mol. The molecule has 1 fully saturated rings. The fraction of sp³-hybridized carbons (Fsp3) is 0.462. The van der Waals surface area contributed by atoms with Crippen molar-refractivity contribution in [3.05, 3.63) is 28.2 Å². The van der Waals surface area contributed by atoms with E-state index in [0.29, 0.717) is 11.0 Å². The minimum absolute atomic E-state index is 0.443. The summed E-state index contributed by atoms with van der Waals surface area (Å²) in [4.78, 5) is 0.443. The minimum Gasteiger partial charge on any atom is -0.389 e. The van der Waals surface area contributed by atoms with Gasteiger partial charge in [0.25, 0.3) is 0 Å². The molecule has 1 saturated carbocycles.